The van der Waals surface area contributed by atoms with Crippen LogP contribution in [-0.2, 0) is 11.0 Å². The van der Waals surface area contributed by atoms with Crippen molar-refractivity contribution in [1.82, 2.24) is 15.3 Å². The molecule has 2 N–H and O–H groups in total. The summed E-state index contributed by atoms with van der Waals surface area (Å²) in [6, 6.07) is 4.17. The van der Waals surface area contributed by atoms with E-state index in [1.165, 1.54) is 19.3 Å². The molecule has 1 aromatic carbocycles. The van der Waals surface area contributed by atoms with Crippen molar-refractivity contribution in [3.8, 4) is 11.3 Å². The summed E-state index contributed by atoms with van der Waals surface area (Å²) in [5.74, 6) is -0.900. The van der Waals surface area contributed by atoms with Gasteiger partial charge in [-0.2, -0.15) is 13.2 Å². The van der Waals surface area contributed by atoms with Crippen molar-refractivity contribution in [1.29, 1.82) is 0 Å². The Morgan fingerprint density at radius 1 is 1.19 bits per heavy atom. The van der Waals surface area contributed by atoms with E-state index < -0.39 is 17.6 Å². The van der Waals surface area contributed by atoms with Crippen LogP contribution in [0, 0.1) is 11.7 Å². The lowest BCUT2D eigenvalue weighted by Crippen LogP contribution is -2.29. The zero-order chi connectivity index (χ0) is 19.3. The highest BCUT2D eigenvalue weighted by molar-refractivity contribution is 5.72. The molecule has 0 aliphatic carbocycles. The van der Waals surface area contributed by atoms with Gasteiger partial charge in [0.1, 0.15) is 18.0 Å². The highest BCUT2D eigenvalue weighted by Crippen LogP contribution is 2.33. The molecule has 1 aromatic heterocycles. The van der Waals surface area contributed by atoms with Crippen molar-refractivity contribution in [2.24, 2.45) is 5.92 Å². The molecule has 2 aromatic rings. The molecule has 0 aliphatic heterocycles. The second kappa shape index (κ2) is 8.11. The Bertz CT molecular complexity index is 780. The first kappa shape index (κ1) is 19.6. The summed E-state index contributed by atoms with van der Waals surface area (Å²) in [5, 5.41) is 5.75. The number of hydrogen-bond donors (Lipinski definition) is 2. The van der Waals surface area contributed by atoms with Crippen molar-refractivity contribution >= 4 is 11.7 Å². The van der Waals surface area contributed by atoms with E-state index >= 15 is 0 Å². The van der Waals surface area contributed by atoms with Gasteiger partial charge in [0.25, 0.3) is 0 Å². The van der Waals surface area contributed by atoms with Crippen LogP contribution in [0.5, 0.6) is 0 Å². The van der Waals surface area contributed by atoms with E-state index in [2.05, 4.69) is 20.6 Å². The Balaban J connectivity index is 2.09. The Labute approximate surface area is 147 Å². The highest BCUT2D eigenvalue weighted by Gasteiger charge is 2.34. The SMILES string of the molecule is CC(=O)NCC(C)CNc1cc(-c2ccc(C(F)(F)F)c(F)c2)ncn1. The fourth-order valence-electron chi connectivity index (χ4n) is 2.19. The second-order valence-electron chi connectivity index (χ2n) is 5.90. The van der Waals surface area contributed by atoms with Gasteiger partial charge in [0.2, 0.25) is 5.91 Å². The van der Waals surface area contributed by atoms with Gasteiger partial charge < -0.3 is 10.6 Å². The van der Waals surface area contributed by atoms with Crippen LogP contribution in [0.15, 0.2) is 30.6 Å². The molecule has 0 radical (unpaired) electrons. The Hall–Kier alpha value is -2.71. The number of halogens is 4. The molecule has 9 heteroatoms. The number of benzene rings is 1. The van der Waals surface area contributed by atoms with E-state index in [1.54, 1.807) is 0 Å². The lowest BCUT2D eigenvalue weighted by atomic mass is 10.1. The lowest BCUT2D eigenvalue weighted by Gasteiger charge is -2.14. The van der Waals surface area contributed by atoms with Crippen LogP contribution in [0.4, 0.5) is 23.4 Å². The zero-order valence-corrected chi connectivity index (χ0v) is 14.2. The van der Waals surface area contributed by atoms with Crippen LogP contribution in [0.2, 0.25) is 0 Å². The molecule has 0 saturated heterocycles. The summed E-state index contributed by atoms with van der Waals surface area (Å²) < 4.78 is 51.6. The van der Waals surface area contributed by atoms with Gasteiger partial charge in [-0.15, -0.1) is 0 Å². The molecule has 26 heavy (non-hydrogen) atoms. The van der Waals surface area contributed by atoms with Crippen molar-refractivity contribution < 1.29 is 22.4 Å². The number of carbonyl (C=O) groups excluding carboxylic acids is 1. The van der Waals surface area contributed by atoms with Gasteiger partial charge in [0, 0.05) is 31.6 Å². The van der Waals surface area contributed by atoms with Crippen LogP contribution < -0.4 is 10.6 Å². The molecule has 1 heterocycles. The van der Waals surface area contributed by atoms with E-state index in [0.717, 1.165) is 12.1 Å². The first-order valence-corrected chi connectivity index (χ1v) is 7.84. The largest absolute Gasteiger partial charge is 0.419 e. The number of nitrogens with one attached hydrogen (secondary N) is 2. The Morgan fingerprint density at radius 3 is 2.54 bits per heavy atom. The minimum absolute atomic E-state index is 0.120. The molecule has 0 fully saturated rings. The highest BCUT2D eigenvalue weighted by atomic mass is 19.4. The molecule has 2 rings (SSSR count). The first-order valence-electron chi connectivity index (χ1n) is 7.84. The molecular formula is C17H18F4N4O. The zero-order valence-electron chi connectivity index (χ0n) is 14.2. The van der Waals surface area contributed by atoms with E-state index in [4.69, 9.17) is 0 Å². The molecule has 0 spiro atoms. The maximum atomic E-state index is 13.7. The van der Waals surface area contributed by atoms with Gasteiger partial charge >= 0.3 is 6.18 Å². The van der Waals surface area contributed by atoms with Gasteiger partial charge in [0.15, 0.2) is 0 Å². The molecule has 0 aliphatic rings. The summed E-state index contributed by atoms with van der Waals surface area (Å²) in [7, 11) is 0. The summed E-state index contributed by atoms with van der Waals surface area (Å²) in [5.41, 5.74) is -0.808. The quantitative estimate of drug-likeness (QED) is 0.764. The van der Waals surface area contributed by atoms with Gasteiger partial charge in [0.05, 0.1) is 11.3 Å². The van der Waals surface area contributed by atoms with Crippen molar-refractivity contribution in [2.75, 3.05) is 18.4 Å². The van der Waals surface area contributed by atoms with Crippen LogP contribution in [0.25, 0.3) is 11.3 Å². The predicted molar refractivity (Wildman–Crippen MR) is 88.8 cm³/mol. The van der Waals surface area contributed by atoms with Crippen molar-refractivity contribution in [3.05, 3.63) is 42.0 Å². The molecular weight excluding hydrogens is 352 g/mol. The predicted octanol–water partition coefficient (Wildman–Crippen LogP) is 3.49. The third kappa shape index (κ3) is 5.40. The van der Waals surface area contributed by atoms with E-state index in [-0.39, 0.29) is 17.4 Å². The number of nitrogens with zero attached hydrogens (tertiary/aromatic N) is 2. The molecule has 1 unspecified atom stereocenters. The molecule has 1 amide bonds. The lowest BCUT2D eigenvalue weighted by molar-refractivity contribution is -0.140. The Morgan fingerprint density at radius 2 is 1.92 bits per heavy atom. The molecule has 1 atom stereocenters. The summed E-state index contributed by atoms with van der Waals surface area (Å²) in [6.07, 6.45) is -3.50. The van der Waals surface area contributed by atoms with Crippen LogP contribution in [-0.4, -0.2) is 29.0 Å². The smallest absolute Gasteiger partial charge is 0.370 e. The fraction of sp³-hybridized carbons (Fsp3) is 0.353. The standard InChI is InChI=1S/C17H18F4N4O/c1-10(7-22-11(2)26)8-23-16-6-15(24-9-25-16)12-3-4-13(14(18)5-12)17(19,20)21/h3-6,9-10H,7-8H2,1-2H3,(H,22,26)(H,23,24,25). The third-order valence-corrected chi connectivity index (χ3v) is 3.57. The fourth-order valence-corrected chi connectivity index (χ4v) is 2.19. The molecule has 0 saturated carbocycles. The molecule has 140 valence electrons. The molecule has 5 nitrogen and oxygen atoms in total. The number of alkyl halides is 3. The summed E-state index contributed by atoms with van der Waals surface area (Å²) in [6.45, 7) is 4.36. The summed E-state index contributed by atoms with van der Waals surface area (Å²) in [4.78, 5) is 18.9. The van der Waals surface area contributed by atoms with Crippen molar-refractivity contribution in [2.45, 2.75) is 20.0 Å². The maximum Gasteiger partial charge on any atom is 0.419 e. The van der Waals surface area contributed by atoms with E-state index in [0.29, 0.717) is 30.7 Å². The second-order valence-corrected chi connectivity index (χ2v) is 5.90. The number of hydrogen-bond acceptors (Lipinski definition) is 4. The van der Waals surface area contributed by atoms with Gasteiger partial charge in [-0.05, 0) is 18.1 Å². The topological polar surface area (TPSA) is 66.9 Å². The van der Waals surface area contributed by atoms with E-state index in [1.807, 2.05) is 6.92 Å². The average Bonchev–Trinajstić information content (AvgIpc) is 2.57. The number of rotatable bonds is 6. The number of anilines is 1. The van der Waals surface area contributed by atoms with Gasteiger partial charge in [-0.1, -0.05) is 13.0 Å². The monoisotopic (exact) mass is 370 g/mol. The number of carbonyl (C=O) groups is 1. The van der Waals surface area contributed by atoms with Gasteiger partial charge in [-0.25, -0.2) is 14.4 Å². The van der Waals surface area contributed by atoms with Crippen molar-refractivity contribution in [3.63, 3.8) is 0 Å². The summed E-state index contributed by atoms with van der Waals surface area (Å²) >= 11 is 0. The van der Waals surface area contributed by atoms with Crippen LogP contribution in [0.3, 0.4) is 0 Å². The minimum Gasteiger partial charge on any atom is -0.370 e. The van der Waals surface area contributed by atoms with Crippen LogP contribution in [0.1, 0.15) is 19.4 Å². The minimum atomic E-state index is -4.74. The average molecular weight is 370 g/mol. The third-order valence-electron chi connectivity index (χ3n) is 3.57. The molecule has 0 bridgehead atoms. The Kier molecular flexibility index (Phi) is 6.12. The van der Waals surface area contributed by atoms with Gasteiger partial charge in [-0.3, -0.25) is 4.79 Å². The maximum absolute atomic E-state index is 13.7. The van der Waals surface area contributed by atoms with Crippen LogP contribution >= 0.6 is 0 Å². The number of amides is 1. The first-order chi connectivity index (χ1) is 12.2. The number of aromatic nitrogens is 2. The van der Waals surface area contributed by atoms with E-state index in [9.17, 15) is 22.4 Å². The normalized spacial score (nSPS) is 12.5.